The molecule has 4 heteroatoms. The predicted octanol–water partition coefficient (Wildman–Crippen LogP) is 1.64. The summed E-state index contributed by atoms with van der Waals surface area (Å²) >= 11 is 0. The van der Waals surface area contributed by atoms with Crippen molar-refractivity contribution in [3.8, 4) is 17.1 Å². The third kappa shape index (κ3) is 2.23. The number of aliphatic hydroxyl groups is 1. The summed E-state index contributed by atoms with van der Waals surface area (Å²) in [5.74, 6) is 0.959. The van der Waals surface area contributed by atoms with Crippen LogP contribution < -0.4 is 0 Å². The lowest BCUT2D eigenvalue weighted by atomic mass is 10.2. The molecule has 1 aromatic carbocycles. The molecule has 1 heterocycles. The minimum absolute atomic E-state index is 0.212. The van der Waals surface area contributed by atoms with E-state index in [-0.39, 0.29) is 5.75 Å². The van der Waals surface area contributed by atoms with Gasteiger partial charge in [-0.3, -0.25) is 0 Å². The number of benzene rings is 1. The second kappa shape index (κ2) is 4.37. The Bertz CT molecular complexity index is 477. The zero-order chi connectivity index (χ0) is 11.5. The van der Waals surface area contributed by atoms with Crippen LogP contribution in [-0.2, 0) is 6.54 Å². The van der Waals surface area contributed by atoms with Crippen LogP contribution in [0.2, 0.25) is 0 Å². The highest BCUT2D eigenvalue weighted by molar-refractivity contribution is 5.57. The molecule has 16 heavy (non-hydrogen) atoms. The predicted molar refractivity (Wildman–Crippen MR) is 61.0 cm³/mol. The molecule has 2 N–H and O–H groups in total. The van der Waals surface area contributed by atoms with Crippen LogP contribution in [0.15, 0.2) is 36.7 Å². The Morgan fingerprint density at radius 3 is 2.94 bits per heavy atom. The largest absolute Gasteiger partial charge is 0.508 e. The van der Waals surface area contributed by atoms with Crippen molar-refractivity contribution in [3.63, 3.8) is 0 Å². The molecule has 0 amide bonds. The minimum atomic E-state index is -0.426. The fourth-order valence-electron chi connectivity index (χ4n) is 1.65. The van der Waals surface area contributed by atoms with Gasteiger partial charge in [0, 0.05) is 24.5 Å². The number of imidazole rings is 1. The summed E-state index contributed by atoms with van der Waals surface area (Å²) in [6.07, 6.45) is 3.07. The topological polar surface area (TPSA) is 58.3 Å². The highest BCUT2D eigenvalue weighted by Gasteiger charge is 2.07. The van der Waals surface area contributed by atoms with Crippen LogP contribution in [0.4, 0.5) is 0 Å². The van der Waals surface area contributed by atoms with E-state index in [1.165, 1.54) is 0 Å². The number of hydrogen-bond acceptors (Lipinski definition) is 3. The van der Waals surface area contributed by atoms with Gasteiger partial charge in [0.25, 0.3) is 0 Å². The van der Waals surface area contributed by atoms with E-state index >= 15 is 0 Å². The number of nitrogens with zero attached hydrogens (tertiary/aromatic N) is 2. The standard InChI is InChI=1S/C12H14N2O2/c1-9(15)8-14-6-5-13-12(14)10-3-2-4-11(16)7-10/h2-7,9,15-16H,8H2,1H3/t9-/m1/s1. The molecule has 0 unspecified atom stereocenters. The molecular weight excluding hydrogens is 204 g/mol. The van der Waals surface area contributed by atoms with Crippen molar-refractivity contribution in [1.29, 1.82) is 0 Å². The molecule has 2 aromatic rings. The highest BCUT2D eigenvalue weighted by Crippen LogP contribution is 2.21. The van der Waals surface area contributed by atoms with Gasteiger partial charge in [-0.1, -0.05) is 12.1 Å². The lowest BCUT2D eigenvalue weighted by Crippen LogP contribution is -2.11. The Kier molecular flexibility index (Phi) is 2.92. The average molecular weight is 218 g/mol. The second-order valence-corrected chi connectivity index (χ2v) is 3.80. The second-order valence-electron chi connectivity index (χ2n) is 3.80. The monoisotopic (exact) mass is 218 g/mol. The molecule has 0 bridgehead atoms. The van der Waals surface area contributed by atoms with Crippen LogP contribution in [-0.4, -0.2) is 25.9 Å². The summed E-state index contributed by atoms with van der Waals surface area (Å²) in [6, 6.07) is 6.92. The number of phenols is 1. The molecule has 0 fully saturated rings. The van der Waals surface area contributed by atoms with E-state index < -0.39 is 6.10 Å². The highest BCUT2D eigenvalue weighted by atomic mass is 16.3. The van der Waals surface area contributed by atoms with E-state index in [2.05, 4.69) is 4.98 Å². The zero-order valence-corrected chi connectivity index (χ0v) is 9.04. The fourth-order valence-corrected chi connectivity index (χ4v) is 1.65. The summed E-state index contributed by atoms with van der Waals surface area (Å²) in [5.41, 5.74) is 0.839. The van der Waals surface area contributed by atoms with Gasteiger partial charge in [0.1, 0.15) is 11.6 Å². The van der Waals surface area contributed by atoms with Crippen molar-refractivity contribution in [2.24, 2.45) is 0 Å². The van der Waals surface area contributed by atoms with Gasteiger partial charge < -0.3 is 14.8 Å². The van der Waals surface area contributed by atoms with Crippen LogP contribution in [0.3, 0.4) is 0 Å². The van der Waals surface area contributed by atoms with E-state index in [1.807, 2.05) is 16.8 Å². The normalized spacial score (nSPS) is 12.6. The van der Waals surface area contributed by atoms with Crippen LogP contribution in [0, 0.1) is 0 Å². The molecular formula is C12H14N2O2. The number of aromatic nitrogens is 2. The summed E-state index contributed by atoms with van der Waals surface area (Å²) in [7, 11) is 0. The fraction of sp³-hybridized carbons (Fsp3) is 0.250. The summed E-state index contributed by atoms with van der Waals surface area (Å²) < 4.78 is 1.86. The molecule has 0 spiro atoms. The Balaban J connectivity index is 2.37. The number of hydrogen-bond donors (Lipinski definition) is 2. The molecule has 1 aromatic heterocycles. The van der Waals surface area contributed by atoms with Crippen molar-refractivity contribution < 1.29 is 10.2 Å². The molecule has 4 nitrogen and oxygen atoms in total. The van der Waals surface area contributed by atoms with Crippen molar-refractivity contribution in [2.45, 2.75) is 19.6 Å². The first-order valence-corrected chi connectivity index (χ1v) is 5.15. The maximum absolute atomic E-state index is 9.40. The summed E-state index contributed by atoms with van der Waals surface area (Å²) in [6.45, 7) is 2.22. The van der Waals surface area contributed by atoms with Crippen molar-refractivity contribution >= 4 is 0 Å². The van der Waals surface area contributed by atoms with E-state index in [1.54, 1.807) is 31.3 Å². The molecule has 0 saturated carbocycles. The van der Waals surface area contributed by atoms with Crippen LogP contribution in [0.25, 0.3) is 11.4 Å². The third-order valence-corrected chi connectivity index (χ3v) is 2.28. The van der Waals surface area contributed by atoms with E-state index in [0.717, 1.165) is 11.4 Å². The maximum Gasteiger partial charge on any atom is 0.140 e. The summed E-state index contributed by atoms with van der Waals surface area (Å²) in [5, 5.41) is 18.8. The van der Waals surface area contributed by atoms with Gasteiger partial charge in [-0.05, 0) is 19.1 Å². The van der Waals surface area contributed by atoms with E-state index in [0.29, 0.717) is 6.54 Å². The molecule has 1 atom stereocenters. The Morgan fingerprint density at radius 2 is 2.25 bits per heavy atom. The van der Waals surface area contributed by atoms with Crippen LogP contribution in [0.1, 0.15) is 6.92 Å². The summed E-state index contributed by atoms with van der Waals surface area (Å²) in [4.78, 5) is 4.22. The van der Waals surface area contributed by atoms with Crippen LogP contribution >= 0.6 is 0 Å². The minimum Gasteiger partial charge on any atom is -0.508 e. The number of phenolic OH excluding ortho intramolecular Hbond substituents is 1. The first kappa shape index (κ1) is 10.7. The molecule has 0 aliphatic heterocycles. The molecule has 0 aliphatic rings. The number of aromatic hydroxyl groups is 1. The maximum atomic E-state index is 9.40. The van der Waals surface area contributed by atoms with Crippen molar-refractivity contribution in [2.75, 3.05) is 0 Å². The Morgan fingerprint density at radius 1 is 1.44 bits per heavy atom. The van der Waals surface area contributed by atoms with Gasteiger partial charge in [0.05, 0.1) is 6.10 Å². The van der Waals surface area contributed by atoms with Gasteiger partial charge in [-0.15, -0.1) is 0 Å². The average Bonchev–Trinajstić information content (AvgIpc) is 2.65. The van der Waals surface area contributed by atoms with E-state index in [9.17, 15) is 10.2 Å². The molecule has 0 radical (unpaired) electrons. The lowest BCUT2D eigenvalue weighted by Gasteiger charge is -2.09. The Labute approximate surface area is 93.8 Å². The smallest absolute Gasteiger partial charge is 0.140 e. The van der Waals surface area contributed by atoms with Gasteiger partial charge in [0.2, 0.25) is 0 Å². The van der Waals surface area contributed by atoms with Gasteiger partial charge in [0.15, 0.2) is 0 Å². The first-order valence-electron chi connectivity index (χ1n) is 5.15. The number of rotatable bonds is 3. The molecule has 0 aliphatic carbocycles. The SMILES string of the molecule is C[C@@H](O)Cn1ccnc1-c1cccc(O)c1. The van der Waals surface area contributed by atoms with Gasteiger partial charge >= 0.3 is 0 Å². The van der Waals surface area contributed by atoms with Gasteiger partial charge in [-0.2, -0.15) is 0 Å². The first-order chi connectivity index (χ1) is 7.66. The van der Waals surface area contributed by atoms with Crippen LogP contribution in [0.5, 0.6) is 5.75 Å². The van der Waals surface area contributed by atoms with Crippen molar-refractivity contribution in [3.05, 3.63) is 36.7 Å². The van der Waals surface area contributed by atoms with E-state index in [4.69, 9.17) is 0 Å². The Hall–Kier alpha value is -1.81. The zero-order valence-electron chi connectivity index (χ0n) is 9.04. The van der Waals surface area contributed by atoms with Crippen molar-refractivity contribution in [1.82, 2.24) is 9.55 Å². The molecule has 2 rings (SSSR count). The quantitative estimate of drug-likeness (QED) is 0.823. The lowest BCUT2D eigenvalue weighted by molar-refractivity contribution is 0.174. The van der Waals surface area contributed by atoms with Gasteiger partial charge in [-0.25, -0.2) is 4.98 Å². The number of aliphatic hydroxyl groups excluding tert-OH is 1. The molecule has 0 saturated heterocycles. The third-order valence-electron chi connectivity index (χ3n) is 2.28. The molecule has 84 valence electrons.